The minimum absolute atomic E-state index is 0.0102. The first-order chi connectivity index (χ1) is 14.5. The highest BCUT2D eigenvalue weighted by Gasteiger charge is 2.14. The zero-order chi connectivity index (χ0) is 21.1. The lowest BCUT2D eigenvalue weighted by molar-refractivity contribution is -0.116. The van der Waals surface area contributed by atoms with Crippen molar-refractivity contribution in [2.75, 3.05) is 11.6 Å². The molecule has 1 aliphatic heterocycles. The molecular formula is C23H27N5OS. The summed E-state index contributed by atoms with van der Waals surface area (Å²) in [7, 11) is 0. The van der Waals surface area contributed by atoms with E-state index in [9.17, 15) is 4.79 Å². The summed E-state index contributed by atoms with van der Waals surface area (Å²) in [5.41, 5.74) is 5.75. The molecule has 1 N–H and O–H groups in total. The molecule has 2 aromatic heterocycles. The van der Waals surface area contributed by atoms with E-state index in [4.69, 9.17) is 4.98 Å². The molecule has 3 heterocycles. The average Bonchev–Trinajstić information content (AvgIpc) is 3.17. The molecule has 0 radical (unpaired) electrons. The molecule has 0 fully saturated rings. The number of aromatic nitrogens is 4. The Hall–Kier alpha value is -2.67. The summed E-state index contributed by atoms with van der Waals surface area (Å²) >= 11 is 1.53. The maximum Gasteiger partial charge on any atom is 0.224 e. The molecule has 156 valence electrons. The molecule has 1 amide bonds. The van der Waals surface area contributed by atoms with Gasteiger partial charge < -0.3 is 9.88 Å². The molecule has 7 heteroatoms. The van der Waals surface area contributed by atoms with Crippen LogP contribution < -0.4 is 5.32 Å². The fourth-order valence-corrected chi connectivity index (χ4v) is 4.39. The molecule has 4 rings (SSSR count). The third-order valence-electron chi connectivity index (χ3n) is 5.54. The third-order valence-corrected chi connectivity index (χ3v) is 6.08. The number of aryl methyl sites for hydroxylation is 4. The molecule has 3 aromatic rings. The fourth-order valence-electron chi connectivity index (χ4n) is 3.93. The normalized spacial score (nSPS) is 13.2. The van der Waals surface area contributed by atoms with Crippen LogP contribution in [0, 0.1) is 13.8 Å². The van der Waals surface area contributed by atoms with E-state index in [0.29, 0.717) is 12.8 Å². The van der Waals surface area contributed by atoms with Crippen molar-refractivity contribution in [2.45, 2.75) is 57.7 Å². The highest BCUT2D eigenvalue weighted by Crippen LogP contribution is 2.25. The monoisotopic (exact) mass is 421 g/mol. The van der Waals surface area contributed by atoms with Crippen molar-refractivity contribution in [1.29, 1.82) is 0 Å². The predicted octanol–water partition coefficient (Wildman–Crippen LogP) is 4.59. The van der Waals surface area contributed by atoms with Crippen molar-refractivity contribution in [1.82, 2.24) is 19.5 Å². The molecule has 0 saturated carbocycles. The number of fused-ring (bicyclic) bond motifs is 1. The number of rotatable bonds is 6. The van der Waals surface area contributed by atoms with Crippen molar-refractivity contribution in [3.63, 3.8) is 0 Å². The number of carbonyl (C=O) groups is 1. The quantitative estimate of drug-likeness (QED) is 0.466. The van der Waals surface area contributed by atoms with Gasteiger partial charge in [-0.05, 0) is 57.1 Å². The second-order valence-electron chi connectivity index (χ2n) is 7.68. The summed E-state index contributed by atoms with van der Waals surface area (Å²) in [6.07, 6.45) is 8.57. The van der Waals surface area contributed by atoms with Gasteiger partial charge in [0.05, 0.1) is 5.69 Å². The van der Waals surface area contributed by atoms with E-state index in [0.717, 1.165) is 57.8 Å². The van der Waals surface area contributed by atoms with Gasteiger partial charge >= 0.3 is 0 Å². The van der Waals surface area contributed by atoms with Crippen LogP contribution in [-0.4, -0.2) is 31.7 Å². The van der Waals surface area contributed by atoms with E-state index in [1.165, 1.54) is 24.6 Å². The second-order valence-corrected chi connectivity index (χ2v) is 8.45. The van der Waals surface area contributed by atoms with E-state index in [2.05, 4.69) is 26.0 Å². The fraction of sp³-hybridized carbons (Fsp3) is 0.391. The summed E-state index contributed by atoms with van der Waals surface area (Å²) in [4.78, 5) is 26.3. The summed E-state index contributed by atoms with van der Waals surface area (Å²) in [6.45, 7) is 5.00. The Labute approximate surface area is 181 Å². The van der Waals surface area contributed by atoms with E-state index < -0.39 is 0 Å². The van der Waals surface area contributed by atoms with Gasteiger partial charge in [-0.2, -0.15) is 0 Å². The molecule has 1 aromatic carbocycles. The number of anilines is 1. The first-order valence-corrected chi connectivity index (χ1v) is 11.6. The maximum absolute atomic E-state index is 12.6. The Morgan fingerprint density at radius 3 is 2.70 bits per heavy atom. The average molecular weight is 422 g/mol. The van der Waals surface area contributed by atoms with Crippen LogP contribution in [0.5, 0.6) is 0 Å². The van der Waals surface area contributed by atoms with Crippen molar-refractivity contribution in [2.24, 2.45) is 0 Å². The van der Waals surface area contributed by atoms with Crippen LogP contribution in [0.15, 0.2) is 35.6 Å². The molecule has 0 atom stereocenters. The molecule has 0 bridgehead atoms. The summed E-state index contributed by atoms with van der Waals surface area (Å²) in [5, 5.41) is 3.80. The zero-order valence-electron chi connectivity index (χ0n) is 17.7. The van der Waals surface area contributed by atoms with E-state index in [1.54, 1.807) is 0 Å². The van der Waals surface area contributed by atoms with Gasteiger partial charge in [0.2, 0.25) is 5.91 Å². The number of nitrogens with one attached hydrogen (secondary N) is 1. The number of benzene rings is 1. The first-order valence-electron chi connectivity index (χ1n) is 10.4. The molecule has 0 aliphatic carbocycles. The minimum atomic E-state index is -0.0102. The third kappa shape index (κ3) is 4.56. The van der Waals surface area contributed by atoms with Gasteiger partial charge in [-0.3, -0.25) is 4.79 Å². The van der Waals surface area contributed by atoms with Crippen LogP contribution in [0.25, 0.3) is 11.3 Å². The van der Waals surface area contributed by atoms with Crippen LogP contribution in [0.4, 0.5) is 5.69 Å². The smallest absolute Gasteiger partial charge is 0.224 e. The SMILES string of the molecule is CSc1nc(C)c(CCC(=O)Nc2cccc(-c3cn4c(n3)CCCC4)c2)c(C)n1. The number of thioether (sulfide) groups is 1. The maximum atomic E-state index is 12.6. The van der Waals surface area contributed by atoms with Gasteiger partial charge in [-0.25, -0.2) is 15.0 Å². The van der Waals surface area contributed by atoms with E-state index in [-0.39, 0.29) is 5.91 Å². The largest absolute Gasteiger partial charge is 0.334 e. The van der Waals surface area contributed by atoms with Gasteiger partial charge in [0.15, 0.2) is 5.16 Å². The van der Waals surface area contributed by atoms with Crippen LogP contribution >= 0.6 is 11.8 Å². The number of hydrogen-bond donors (Lipinski definition) is 1. The summed E-state index contributed by atoms with van der Waals surface area (Å²) < 4.78 is 2.25. The Balaban J connectivity index is 1.42. The molecule has 6 nitrogen and oxygen atoms in total. The highest BCUT2D eigenvalue weighted by atomic mass is 32.2. The molecule has 0 spiro atoms. The predicted molar refractivity (Wildman–Crippen MR) is 121 cm³/mol. The Morgan fingerprint density at radius 1 is 1.17 bits per heavy atom. The highest BCUT2D eigenvalue weighted by molar-refractivity contribution is 7.98. The second kappa shape index (κ2) is 9.00. The van der Waals surface area contributed by atoms with E-state index >= 15 is 0 Å². The van der Waals surface area contributed by atoms with Crippen LogP contribution in [-0.2, 0) is 24.2 Å². The number of imidazole rings is 1. The van der Waals surface area contributed by atoms with Crippen LogP contribution in [0.1, 0.15) is 42.0 Å². The van der Waals surface area contributed by atoms with Crippen LogP contribution in [0.2, 0.25) is 0 Å². The lowest BCUT2D eigenvalue weighted by Crippen LogP contribution is -2.13. The Bertz CT molecular complexity index is 1030. The number of amides is 1. The number of carbonyl (C=O) groups excluding carboxylic acids is 1. The van der Waals surface area contributed by atoms with E-state index in [1.807, 2.05) is 44.4 Å². The Morgan fingerprint density at radius 2 is 1.97 bits per heavy atom. The minimum Gasteiger partial charge on any atom is -0.334 e. The molecular weight excluding hydrogens is 394 g/mol. The molecule has 1 aliphatic rings. The molecule has 30 heavy (non-hydrogen) atoms. The van der Waals surface area contributed by atoms with Gasteiger partial charge in [0.25, 0.3) is 0 Å². The number of nitrogens with zero attached hydrogens (tertiary/aromatic N) is 4. The van der Waals surface area contributed by atoms with Crippen molar-refractivity contribution in [3.8, 4) is 11.3 Å². The summed E-state index contributed by atoms with van der Waals surface area (Å²) in [6, 6.07) is 7.93. The molecule has 0 unspecified atom stereocenters. The van der Waals surface area contributed by atoms with Crippen molar-refractivity contribution in [3.05, 3.63) is 53.2 Å². The van der Waals surface area contributed by atoms with Crippen LogP contribution in [0.3, 0.4) is 0 Å². The van der Waals surface area contributed by atoms with Gasteiger partial charge in [-0.1, -0.05) is 23.9 Å². The van der Waals surface area contributed by atoms with Crippen molar-refractivity contribution >= 4 is 23.4 Å². The van der Waals surface area contributed by atoms with Gasteiger partial charge in [0.1, 0.15) is 5.82 Å². The number of hydrogen-bond acceptors (Lipinski definition) is 5. The topological polar surface area (TPSA) is 72.7 Å². The summed E-state index contributed by atoms with van der Waals surface area (Å²) in [5.74, 6) is 1.15. The standard InChI is InChI=1S/C23H27N5OS/c1-15-19(16(2)25-23(24-15)30-3)10-11-22(29)26-18-8-6-7-17(13-18)20-14-28-12-5-4-9-21(28)27-20/h6-8,13-14H,4-5,9-12H2,1-3H3,(H,26,29). The lowest BCUT2D eigenvalue weighted by Gasteiger charge is -2.11. The molecule has 0 saturated heterocycles. The van der Waals surface area contributed by atoms with Crippen molar-refractivity contribution < 1.29 is 4.79 Å². The first kappa shape index (κ1) is 20.6. The van der Waals surface area contributed by atoms with Gasteiger partial charge in [0, 0.05) is 48.2 Å². The lowest BCUT2D eigenvalue weighted by atomic mass is 10.1. The zero-order valence-corrected chi connectivity index (χ0v) is 18.6. The van der Waals surface area contributed by atoms with Gasteiger partial charge in [-0.15, -0.1) is 0 Å². The Kier molecular flexibility index (Phi) is 6.18.